The number of ether oxygens (including phenoxy) is 1. The highest BCUT2D eigenvalue weighted by atomic mass is 79.9. The van der Waals surface area contributed by atoms with Crippen molar-refractivity contribution in [1.29, 1.82) is 0 Å². The van der Waals surface area contributed by atoms with Gasteiger partial charge in [-0.3, -0.25) is 0 Å². The monoisotopic (exact) mass is 285 g/mol. The molecule has 0 amide bonds. The third-order valence-electron chi connectivity index (χ3n) is 1.67. The average Bonchev–Trinajstić information content (AvgIpc) is 2.27. The minimum absolute atomic E-state index is 0.406. The first-order chi connectivity index (χ1) is 7.54. The Morgan fingerprint density at radius 3 is 2.88 bits per heavy atom. The highest BCUT2D eigenvalue weighted by Gasteiger charge is 2.11. The number of nitrogens with zero attached hydrogens (tertiary/aromatic N) is 3. The van der Waals surface area contributed by atoms with Gasteiger partial charge in [0.25, 0.3) is 0 Å². The first-order valence-electron chi connectivity index (χ1n) is 4.49. The molecule has 0 fully saturated rings. The van der Waals surface area contributed by atoms with E-state index in [2.05, 4.69) is 30.6 Å². The number of methoxy groups -OCH3 is 1. The molecule has 1 heterocycles. The topological polar surface area (TPSA) is 54.8 Å². The maximum Gasteiger partial charge on any atom is 0.339 e. The summed E-state index contributed by atoms with van der Waals surface area (Å²) in [6.45, 7) is 0. The number of carbonyl (C=O) groups excluding carboxylic acids is 1. The first-order valence-corrected chi connectivity index (χ1v) is 5.28. The molecule has 0 aliphatic carbocycles. The summed E-state index contributed by atoms with van der Waals surface area (Å²) in [5, 5.41) is 0. The van der Waals surface area contributed by atoms with Crippen LogP contribution in [0, 0.1) is 0 Å². The molecule has 6 heteroatoms. The predicted molar refractivity (Wildman–Crippen MR) is 65.1 cm³/mol. The zero-order valence-corrected chi connectivity index (χ0v) is 10.9. The number of halogens is 1. The van der Waals surface area contributed by atoms with Crippen LogP contribution in [0.4, 0.5) is 5.82 Å². The van der Waals surface area contributed by atoms with Crippen molar-refractivity contribution in [1.82, 2.24) is 9.88 Å². The number of aromatic nitrogens is 1. The van der Waals surface area contributed by atoms with E-state index >= 15 is 0 Å². The maximum atomic E-state index is 11.4. The van der Waals surface area contributed by atoms with Gasteiger partial charge in [0.1, 0.15) is 0 Å². The Bertz CT molecular complexity index is 419. The Morgan fingerprint density at radius 2 is 2.31 bits per heavy atom. The number of hydrogen-bond donors (Lipinski definition) is 0. The fourth-order valence-corrected chi connectivity index (χ4v) is 1.32. The van der Waals surface area contributed by atoms with Gasteiger partial charge in [0.05, 0.1) is 23.5 Å². The van der Waals surface area contributed by atoms with Crippen LogP contribution in [0.5, 0.6) is 0 Å². The van der Waals surface area contributed by atoms with E-state index < -0.39 is 5.97 Å². The molecular weight excluding hydrogens is 274 g/mol. The van der Waals surface area contributed by atoms with Crippen LogP contribution in [0.25, 0.3) is 0 Å². The largest absolute Gasteiger partial charge is 0.465 e. The molecule has 0 spiro atoms. The van der Waals surface area contributed by atoms with Crippen molar-refractivity contribution < 1.29 is 9.53 Å². The zero-order chi connectivity index (χ0) is 12.1. The van der Waals surface area contributed by atoms with E-state index in [9.17, 15) is 4.79 Å². The summed E-state index contributed by atoms with van der Waals surface area (Å²) < 4.78 is 5.22. The molecule has 1 aromatic heterocycles. The van der Waals surface area contributed by atoms with Gasteiger partial charge < -0.3 is 9.64 Å². The van der Waals surface area contributed by atoms with E-state index in [1.807, 2.05) is 14.1 Å². The Morgan fingerprint density at radius 1 is 1.62 bits per heavy atom. The van der Waals surface area contributed by atoms with Gasteiger partial charge in [0.2, 0.25) is 0 Å². The lowest BCUT2D eigenvalue weighted by molar-refractivity contribution is 0.0599. The molecule has 0 bridgehead atoms. The van der Waals surface area contributed by atoms with Crippen molar-refractivity contribution in [3.05, 3.63) is 22.3 Å². The van der Waals surface area contributed by atoms with Gasteiger partial charge in [-0.2, -0.15) is 0 Å². The van der Waals surface area contributed by atoms with Gasteiger partial charge in [0.15, 0.2) is 5.82 Å². The molecule has 0 radical (unpaired) electrons. The lowest BCUT2D eigenvalue weighted by atomic mass is 10.2. The van der Waals surface area contributed by atoms with Crippen LogP contribution < -0.4 is 0 Å². The second-order valence-corrected chi connectivity index (χ2v) is 4.08. The van der Waals surface area contributed by atoms with Gasteiger partial charge in [-0.15, -0.1) is 0 Å². The quantitative estimate of drug-likeness (QED) is 0.483. The molecule has 1 aromatic rings. The molecule has 0 saturated heterocycles. The van der Waals surface area contributed by atoms with Crippen LogP contribution in [0.3, 0.4) is 0 Å². The van der Waals surface area contributed by atoms with Gasteiger partial charge >= 0.3 is 5.97 Å². The van der Waals surface area contributed by atoms with Crippen LogP contribution in [-0.2, 0) is 4.74 Å². The standard InChI is InChI=1S/C10H12BrN3O2/c1-14(2)6-13-9-4-7(10(15)16-3)8(11)5-12-9/h4-6H,1-3H3. The molecule has 16 heavy (non-hydrogen) atoms. The summed E-state index contributed by atoms with van der Waals surface area (Å²) in [6, 6.07) is 1.57. The van der Waals surface area contributed by atoms with Crippen LogP contribution in [0.15, 0.2) is 21.7 Å². The first kappa shape index (κ1) is 12.6. The maximum absolute atomic E-state index is 11.4. The molecular formula is C10H12BrN3O2. The lowest BCUT2D eigenvalue weighted by Gasteiger charge is -2.04. The molecule has 0 aliphatic rings. The fourth-order valence-electron chi connectivity index (χ4n) is 0.939. The summed E-state index contributed by atoms with van der Waals surface area (Å²) in [5.41, 5.74) is 0.406. The normalized spacial score (nSPS) is 10.5. The van der Waals surface area contributed by atoms with E-state index in [0.717, 1.165) is 0 Å². The molecule has 1 rings (SSSR count). The Kier molecular flexibility index (Phi) is 4.42. The highest BCUT2D eigenvalue weighted by Crippen LogP contribution is 2.20. The third kappa shape index (κ3) is 3.30. The average molecular weight is 286 g/mol. The zero-order valence-electron chi connectivity index (χ0n) is 9.27. The Hall–Kier alpha value is -1.43. The second-order valence-electron chi connectivity index (χ2n) is 3.22. The van der Waals surface area contributed by atoms with Crippen molar-refractivity contribution in [2.24, 2.45) is 4.99 Å². The predicted octanol–water partition coefficient (Wildman–Crippen LogP) is 1.85. The Balaban J connectivity index is 3.03. The number of esters is 1. The van der Waals surface area contributed by atoms with Crippen molar-refractivity contribution in [2.45, 2.75) is 0 Å². The molecule has 5 nitrogen and oxygen atoms in total. The molecule has 0 aromatic carbocycles. The van der Waals surface area contributed by atoms with Gasteiger partial charge in [-0.1, -0.05) is 0 Å². The van der Waals surface area contributed by atoms with Crippen molar-refractivity contribution in [2.75, 3.05) is 21.2 Å². The van der Waals surface area contributed by atoms with Crippen molar-refractivity contribution in [3.8, 4) is 0 Å². The summed E-state index contributed by atoms with van der Waals surface area (Å²) >= 11 is 3.23. The van der Waals surface area contributed by atoms with Gasteiger partial charge in [0, 0.05) is 20.3 Å². The van der Waals surface area contributed by atoms with E-state index in [4.69, 9.17) is 0 Å². The van der Waals surface area contributed by atoms with Gasteiger partial charge in [-0.05, 0) is 22.0 Å². The molecule has 0 aliphatic heterocycles. The van der Waals surface area contributed by atoms with Gasteiger partial charge in [-0.25, -0.2) is 14.8 Å². The summed E-state index contributed by atoms with van der Waals surface area (Å²) in [5.74, 6) is 0.0351. The SMILES string of the molecule is COC(=O)c1cc(N=CN(C)C)ncc1Br. The summed E-state index contributed by atoms with van der Waals surface area (Å²) in [6.07, 6.45) is 3.13. The number of carbonyl (C=O) groups is 1. The third-order valence-corrected chi connectivity index (χ3v) is 2.30. The Labute approximate surface area is 102 Å². The van der Waals surface area contributed by atoms with E-state index in [1.54, 1.807) is 17.3 Å². The van der Waals surface area contributed by atoms with E-state index in [1.165, 1.54) is 13.3 Å². The molecule has 0 saturated carbocycles. The minimum Gasteiger partial charge on any atom is -0.465 e. The smallest absolute Gasteiger partial charge is 0.339 e. The van der Waals surface area contributed by atoms with E-state index in [-0.39, 0.29) is 0 Å². The lowest BCUT2D eigenvalue weighted by Crippen LogP contribution is -2.07. The van der Waals surface area contributed by atoms with Crippen LogP contribution >= 0.6 is 15.9 Å². The number of aliphatic imine (C=N–C) groups is 1. The number of rotatable bonds is 3. The minimum atomic E-state index is -0.421. The highest BCUT2D eigenvalue weighted by molar-refractivity contribution is 9.10. The molecule has 0 atom stereocenters. The van der Waals surface area contributed by atoms with Crippen molar-refractivity contribution in [3.63, 3.8) is 0 Å². The summed E-state index contributed by atoms with van der Waals surface area (Å²) in [7, 11) is 5.03. The van der Waals surface area contributed by atoms with Crippen LogP contribution in [-0.4, -0.2) is 43.4 Å². The molecule has 0 N–H and O–H groups in total. The molecule has 86 valence electrons. The fraction of sp³-hybridized carbons (Fsp3) is 0.300. The second kappa shape index (κ2) is 5.60. The number of pyridine rings is 1. The van der Waals surface area contributed by atoms with Crippen LogP contribution in [0.2, 0.25) is 0 Å². The van der Waals surface area contributed by atoms with Crippen molar-refractivity contribution >= 4 is 34.1 Å². The van der Waals surface area contributed by atoms with Crippen LogP contribution in [0.1, 0.15) is 10.4 Å². The molecule has 0 unspecified atom stereocenters. The van der Waals surface area contributed by atoms with E-state index in [0.29, 0.717) is 15.9 Å². The number of hydrogen-bond acceptors (Lipinski definition) is 4. The summed E-state index contributed by atoms with van der Waals surface area (Å²) in [4.78, 5) is 21.3.